The molecule has 0 N–H and O–H groups in total. The number of ether oxygens (including phenoxy) is 1. The van der Waals surface area contributed by atoms with E-state index in [1.165, 1.54) is 12.0 Å². The minimum absolute atomic E-state index is 0.410. The van der Waals surface area contributed by atoms with Gasteiger partial charge < -0.3 is 4.74 Å². The fraction of sp³-hybridized carbons (Fsp3) is 0.600. The number of hydrogen-bond acceptors (Lipinski definition) is 1. The minimum Gasteiger partial charge on any atom is -0.493 e. The molecule has 0 aliphatic heterocycles. The van der Waals surface area contributed by atoms with E-state index >= 15 is 0 Å². The van der Waals surface area contributed by atoms with Crippen LogP contribution >= 0.6 is 0 Å². The van der Waals surface area contributed by atoms with Crippen molar-refractivity contribution < 1.29 is 4.74 Å². The summed E-state index contributed by atoms with van der Waals surface area (Å²) < 4.78 is 5.82. The molecule has 0 saturated carbocycles. The molecule has 0 unspecified atom stereocenters. The lowest BCUT2D eigenvalue weighted by Gasteiger charge is -2.18. The van der Waals surface area contributed by atoms with Gasteiger partial charge in [-0.3, -0.25) is 0 Å². The van der Waals surface area contributed by atoms with Crippen molar-refractivity contribution in [2.24, 2.45) is 5.41 Å². The normalized spacial score (nSPS) is 11.5. The molecule has 0 saturated heterocycles. The van der Waals surface area contributed by atoms with Crippen molar-refractivity contribution in [3.05, 3.63) is 29.8 Å². The molecule has 1 rings (SSSR count). The molecule has 1 aromatic rings. The Morgan fingerprint density at radius 2 is 1.81 bits per heavy atom. The molecule has 0 fully saturated rings. The topological polar surface area (TPSA) is 9.23 Å². The van der Waals surface area contributed by atoms with Crippen LogP contribution in [0.1, 0.15) is 46.1 Å². The summed E-state index contributed by atoms with van der Waals surface area (Å²) in [7, 11) is 0. The maximum atomic E-state index is 5.82. The van der Waals surface area contributed by atoms with Gasteiger partial charge in [0, 0.05) is 0 Å². The SMILES string of the molecule is CCc1ccccc1OCCCC(C)(C)C. The molecular formula is C15H24O. The van der Waals surface area contributed by atoms with Gasteiger partial charge in [-0.25, -0.2) is 0 Å². The first-order valence-corrected chi connectivity index (χ1v) is 6.23. The van der Waals surface area contributed by atoms with Gasteiger partial charge >= 0.3 is 0 Å². The minimum atomic E-state index is 0.410. The van der Waals surface area contributed by atoms with E-state index in [1.807, 2.05) is 6.07 Å². The highest BCUT2D eigenvalue weighted by atomic mass is 16.5. The summed E-state index contributed by atoms with van der Waals surface area (Å²) >= 11 is 0. The van der Waals surface area contributed by atoms with Crippen molar-refractivity contribution in [1.29, 1.82) is 0 Å². The lowest BCUT2D eigenvalue weighted by molar-refractivity contribution is 0.267. The Balaban J connectivity index is 2.37. The van der Waals surface area contributed by atoms with Crippen LogP contribution in [0.25, 0.3) is 0 Å². The summed E-state index contributed by atoms with van der Waals surface area (Å²) in [5, 5.41) is 0. The van der Waals surface area contributed by atoms with Crippen molar-refractivity contribution in [1.82, 2.24) is 0 Å². The van der Waals surface area contributed by atoms with E-state index < -0.39 is 0 Å². The van der Waals surface area contributed by atoms with Crippen molar-refractivity contribution in [3.63, 3.8) is 0 Å². The first kappa shape index (κ1) is 13.1. The van der Waals surface area contributed by atoms with E-state index in [4.69, 9.17) is 4.74 Å². The van der Waals surface area contributed by atoms with Gasteiger partial charge in [-0.15, -0.1) is 0 Å². The predicted molar refractivity (Wildman–Crippen MR) is 70.0 cm³/mol. The maximum absolute atomic E-state index is 5.82. The first-order chi connectivity index (χ1) is 7.53. The van der Waals surface area contributed by atoms with Gasteiger partial charge in [0.05, 0.1) is 6.61 Å². The molecular weight excluding hydrogens is 196 g/mol. The Hall–Kier alpha value is -0.980. The lowest BCUT2D eigenvalue weighted by atomic mass is 9.91. The first-order valence-electron chi connectivity index (χ1n) is 6.23. The summed E-state index contributed by atoms with van der Waals surface area (Å²) in [6.07, 6.45) is 3.37. The zero-order valence-electron chi connectivity index (χ0n) is 11.0. The van der Waals surface area contributed by atoms with E-state index in [1.54, 1.807) is 0 Å². The Bertz CT molecular complexity index is 309. The van der Waals surface area contributed by atoms with Gasteiger partial charge in [-0.1, -0.05) is 45.9 Å². The lowest BCUT2D eigenvalue weighted by Crippen LogP contribution is -2.08. The average Bonchev–Trinajstić information content (AvgIpc) is 2.23. The average molecular weight is 220 g/mol. The summed E-state index contributed by atoms with van der Waals surface area (Å²) in [5.74, 6) is 1.05. The van der Waals surface area contributed by atoms with E-state index in [-0.39, 0.29) is 0 Å². The van der Waals surface area contributed by atoms with Crippen LogP contribution in [-0.2, 0) is 6.42 Å². The molecule has 0 atom stereocenters. The van der Waals surface area contributed by atoms with Crippen molar-refractivity contribution in [3.8, 4) is 5.75 Å². The quantitative estimate of drug-likeness (QED) is 0.666. The van der Waals surface area contributed by atoms with E-state index in [0.29, 0.717) is 5.41 Å². The van der Waals surface area contributed by atoms with Crippen LogP contribution in [0.3, 0.4) is 0 Å². The van der Waals surface area contributed by atoms with Gasteiger partial charge in [0.25, 0.3) is 0 Å². The summed E-state index contributed by atoms with van der Waals surface area (Å²) in [4.78, 5) is 0. The molecule has 0 aromatic heterocycles. The summed E-state index contributed by atoms with van der Waals surface area (Å²) in [5.41, 5.74) is 1.71. The zero-order valence-corrected chi connectivity index (χ0v) is 11.0. The number of hydrogen-bond donors (Lipinski definition) is 0. The van der Waals surface area contributed by atoms with Crippen LogP contribution in [0, 0.1) is 5.41 Å². The predicted octanol–water partition coefficient (Wildman–Crippen LogP) is 4.45. The molecule has 1 heteroatoms. The highest BCUT2D eigenvalue weighted by Gasteiger charge is 2.09. The van der Waals surface area contributed by atoms with Gasteiger partial charge in [0.1, 0.15) is 5.75 Å². The van der Waals surface area contributed by atoms with Crippen LogP contribution in [0.5, 0.6) is 5.75 Å². The van der Waals surface area contributed by atoms with Crippen molar-refractivity contribution in [2.45, 2.75) is 47.0 Å². The Morgan fingerprint density at radius 3 is 2.44 bits per heavy atom. The molecule has 16 heavy (non-hydrogen) atoms. The van der Waals surface area contributed by atoms with E-state index in [0.717, 1.165) is 25.2 Å². The zero-order chi connectivity index (χ0) is 12.0. The van der Waals surface area contributed by atoms with Crippen LogP contribution in [0.2, 0.25) is 0 Å². The van der Waals surface area contributed by atoms with Crippen LogP contribution in [0.4, 0.5) is 0 Å². The van der Waals surface area contributed by atoms with E-state index in [9.17, 15) is 0 Å². The third-order valence-corrected chi connectivity index (χ3v) is 2.68. The molecule has 1 nitrogen and oxygen atoms in total. The third kappa shape index (κ3) is 4.69. The fourth-order valence-electron chi connectivity index (χ4n) is 1.72. The Morgan fingerprint density at radius 1 is 1.12 bits per heavy atom. The van der Waals surface area contributed by atoms with Gasteiger partial charge in [-0.2, -0.15) is 0 Å². The molecule has 90 valence electrons. The number of benzene rings is 1. The van der Waals surface area contributed by atoms with Crippen LogP contribution in [0.15, 0.2) is 24.3 Å². The third-order valence-electron chi connectivity index (χ3n) is 2.68. The van der Waals surface area contributed by atoms with Gasteiger partial charge in [0.2, 0.25) is 0 Å². The number of rotatable bonds is 5. The molecule has 0 spiro atoms. The highest BCUT2D eigenvalue weighted by molar-refractivity contribution is 5.33. The Kier molecular flexibility index (Phi) is 4.85. The molecule has 0 aliphatic carbocycles. The van der Waals surface area contributed by atoms with E-state index in [2.05, 4.69) is 45.9 Å². The fourth-order valence-corrected chi connectivity index (χ4v) is 1.72. The standard InChI is InChI=1S/C15H24O/c1-5-13-9-6-7-10-14(13)16-12-8-11-15(2,3)4/h6-7,9-10H,5,8,11-12H2,1-4H3. The smallest absolute Gasteiger partial charge is 0.122 e. The molecule has 0 amide bonds. The van der Waals surface area contributed by atoms with Crippen LogP contribution in [-0.4, -0.2) is 6.61 Å². The van der Waals surface area contributed by atoms with Crippen molar-refractivity contribution in [2.75, 3.05) is 6.61 Å². The number of para-hydroxylation sites is 1. The second-order valence-electron chi connectivity index (χ2n) is 5.47. The van der Waals surface area contributed by atoms with Gasteiger partial charge in [0.15, 0.2) is 0 Å². The second-order valence-corrected chi connectivity index (χ2v) is 5.47. The summed E-state index contributed by atoms with van der Waals surface area (Å²) in [6, 6.07) is 8.31. The highest BCUT2D eigenvalue weighted by Crippen LogP contribution is 2.22. The maximum Gasteiger partial charge on any atom is 0.122 e. The van der Waals surface area contributed by atoms with Crippen LogP contribution < -0.4 is 4.74 Å². The Labute approximate surface area is 99.8 Å². The second kappa shape index (κ2) is 5.93. The molecule has 0 radical (unpaired) electrons. The molecule has 0 heterocycles. The molecule has 0 bridgehead atoms. The molecule has 1 aromatic carbocycles. The largest absolute Gasteiger partial charge is 0.493 e. The van der Waals surface area contributed by atoms with Crippen molar-refractivity contribution >= 4 is 0 Å². The summed E-state index contributed by atoms with van der Waals surface area (Å²) in [6.45, 7) is 9.80. The van der Waals surface area contributed by atoms with Gasteiger partial charge in [-0.05, 0) is 36.3 Å². The molecule has 0 aliphatic rings. The monoisotopic (exact) mass is 220 g/mol. The number of aryl methyl sites for hydroxylation is 1.